The Labute approximate surface area is 238 Å². The molecule has 3 heterocycles. The Morgan fingerprint density at radius 2 is 2.00 bits per heavy atom. The largest absolute Gasteiger partial charge is 0.490 e. The van der Waals surface area contributed by atoms with Crippen LogP contribution in [0.5, 0.6) is 5.75 Å². The molecule has 1 aromatic heterocycles. The third-order valence-electron chi connectivity index (χ3n) is 6.17. The number of carbonyl (C=O) groups excluding carboxylic acids is 1. The van der Waals surface area contributed by atoms with Gasteiger partial charge in [-0.3, -0.25) is 9.59 Å². The van der Waals surface area contributed by atoms with Gasteiger partial charge in [-0.05, 0) is 62.9 Å². The molecule has 2 N–H and O–H groups in total. The molecular formula is C29H38N4O4S2. The average molecular weight is 571 g/mol. The van der Waals surface area contributed by atoms with Crippen LogP contribution in [0.4, 0.5) is 0 Å². The third kappa shape index (κ3) is 8.71. The second-order valence-corrected chi connectivity index (χ2v) is 11.4. The van der Waals surface area contributed by atoms with Gasteiger partial charge in [0.15, 0.2) is 0 Å². The van der Waals surface area contributed by atoms with E-state index in [2.05, 4.69) is 40.8 Å². The minimum Gasteiger partial charge on any atom is -0.490 e. The van der Waals surface area contributed by atoms with Crippen molar-refractivity contribution in [2.75, 3.05) is 32.5 Å². The Balaban J connectivity index is 0.00000205. The number of nitrogens with one attached hydrogen (secondary N) is 2. The second kappa shape index (κ2) is 14.9. The molecule has 2 aliphatic rings. The highest BCUT2D eigenvalue weighted by Crippen LogP contribution is 2.28. The van der Waals surface area contributed by atoms with Crippen LogP contribution in [0.3, 0.4) is 0 Å². The Bertz CT molecular complexity index is 1260. The van der Waals surface area contributed by atoms with Crippen LogP contribution >= 0.6 is 23.1 Å². The number of likely N-dealkylation sites (N-methyl/N-ethyl adjacent to an activating group) is 1. The predicted molar refractivity (Wildman–Crippen MR) is 161 cm³/mol. The Morgan fingerprint density at radius 1 is 1.26 bits per heavy atom. The van der Waals surface area contributed by atoms with Gasteiger partial charge < -0.3 is 19.7 Å². The summed E-state index contributed by atoms with van der Waals surface area (Å²) in [5.41, 5.74) is 2.74. The summed E-state index contributed by atoms with van der Waals surface area (Å²) in [7, 11) is 1.99. The quantitative estimate of drug-likeness (QED) is 0.383. The Morgan fingerprint density at radius 3 is 2.62 bits per heavy atom. The lowest BCUT2D eigenvalue weighted by Crippen LogP contribution is -2.39. The smallest absolute Gasteiger partial charge is 0.322 e. The van der Waals surface area contributed by atoms with Crippen molar-refractivity contribution in [1.29, 1.82) is 0 Å². The molecule has 210 valence electrons. The molecular weight excluding hydrogens is 532 g/mol. The number of nitrogens with zero attached hydrogens (tertiary/aromatic N) is 2. The van der Waals surface area contributed by atoms with E-state index >= 15 is 0 Å². The summed E-state index contributed by atoms with van der Waals surface area (Å²) < 4.78 is 11.6. The van der Waals surface area contributed by atoms with Gasteiger partial charge in [-0.1, -0.05) is 43.4 Å². The summed E-state index contributed by atoms with van der Waals surface area (Å²) >= 11 is 2.80. The van der Waals surface area contributed by atoms with Crippen molar-refractivity contribution in [3.63, 3.8) is 0 Å². The lowest BCUT2D eigenvalue weighted by molar-refractivity contribution is 0.0935. The third-order valence-corrected chi connectivity index (χ3v) is 8.44. The number of benzene rings is 1. The molecule has 1 saturated heterocycles. The number of carbonyl (C=O) groups is 1. The lowest BCUT2D eigenvalue weighted by atomic mass is 10.0. The van der Waals surface area contributed by atoms with Crippen molar-refractivity contribution in [2.45, 2.75) is 45.8 Å². The zero-order chi connectivity index (χ0) is 28.4. The molecule has 0 bridgehead atoms. The van der Waals surface area contributed by atoms with Crippen LogP contribution in [0.15, 0.2) is 76.2 Å². The maximum atomic E-state index is 12.9. The molecule has 1 aromatic carbocycles. The van der Waals surface area contributed by atoms with E-state index < -0.39 is 0 Å². The Hall–Kier alpha value is -3.08. The van der Waals surface area contributed by atoms with Crippen molar-refractivity contribution in [3.8, 4) is 5.75 Å². The van der Waals surface area contributed by atoms with Crippen molar-refractivity contribution >= 4 is 29.0 Å². The van der Waals surface area contributed by atoms with E-state index in [1.807, 2.05) is 51.3 Å². The number of likely N-dealkylation sites (tertiary alicyclic amines) is 1. The minimum absolute atomic E-state index is 0.0197. The van der Waals surface area contributed by atoms with E-state index in [1.165, 1.54) is 5.57 Å². The average Bonchev–Trinajstić information content (AvgIpc) is 3.54. The summed E-state index contributed by atoms with van der Waals surface area (Å²) in [5.74, 6) is 1.25. The molecule has 3 atom stereocenters. The minimum atomic E-state index is -0.183. The maximum absolute atomic E-state index is 12.9. The highest BCUT2D eigenvalue weighted by molar-refractivity contribution is 8.03. The van der Waals surface area contributed by atoms with E-state index in [0.717, 1.165) is 39.1 Å². The first-order chi connectivity index (χ1) is 18.8. The van der Waals surface area contributed by atoms with E-state index in [4.69, 9.17) is 9.47 Å². The monoisotopic (exact) mass is 570 g/mol. The first kappa shape index (κ1) is 30.5. The lowest BCUT2D eigenvalue weighted by Gasteiger charge is -2.19. The van der Waals surface area contributed by atoms with Gasteiger partial charge >= 0.3 is 4.87 Å². The first-order valence-corrected chi connectivity index (χ1v) is 14.8. The van der Waals surface area contributed by atoms with Crippen molar-refractivity contribution < 1.29 is 14.3 Å². The van der Waals surface area contributed by atoms with Gasteiger partial charge in [-0.15, -0.1) is 11.8 Å². The molecule has 2 aliphatic heterocycles. The number of rotatable bonds is 10. The molecule has 10 heteroatoms. The van der Waals surface area contributed by atoms with Crippen molar-refractivity contribution in [1.82, 2.24) is 20.4 Å². The van der Waals surface area contributed by atoms with E-state index in [1.54, 1.807) is 30.2 Å². The summed E-state index contributed by atoms with van der Waals surface area (Å²) in [6.45, 7) is 14.2. The molecule has 3 unspecified atom stereocenters. The zero-order valence-corrected chi connectivity index (χ0v) is 24.9. The number of allylic oxidation sites excluding steroid dienone is 3. The number of hydrogen-bond donors (Lipinski definition) is 2. The van der Waals surface area contributed by atoms with Gasteiger partial charge in [-0.2, -0.15) is 5.10 Å². The molecule has 4 rings (SSSR count). The van der Waals surface area contributed by atoms with Crippen molar-refractivity contribution in [3.05, 3.63) is 91.6 Å². The molecule has 0 aliphatic carbocycles. The number of aromatic amines is 1. The van der Waals surface area contributed by atoms with Gasteiger partial charge in [0.25, 0.3) is 5.91 Å². The molecule has 39 heavy (non-hydrogen) atoms. The number of hydrogen-bond acceptors (Lipinski definition) is 8. The van der Waals surface area contributed by atoms with Crippen molar-refractivity contribution in [2.24, 2.45) is 0 Å². The standard InChI is InChI=1S/C27H32N4O4S2.C2H6/c1-17(2)24(36-16-18(3)23-7-5-6-12-34-23)15-35-20-10-8-19(9-11-20)25(32)28-22-14-31(4)13-21(22)26-29-30-27(33)37-26;1-2/h5-12,21-23H,3,13-16H2,1-2,4H3,(H,28,32)(H,30,33);1-2H3. The van der Waals surface area contributed by atoms with Gasteiger partial charge in [-0.25, -0.2) is 5.10 Å². The van der Waals surface area contributed by atoms with Gasteiger partial charge in [0.2, 0.25) is 0 Å². The summed E-state index contributed by atoms with van der Waals surface area (Å²) in [6, 6.07) is 7.04. The number of aromatic nitrogens is 2. The number of ether oxygens (including phenoxy) is 2. The normalized spacial score (nSPS) is 20.0. The van der Waals surface area contributed by atoms with Crippen LogP contribution in [0.2, 0.25) is 0 Å². The molecule has 2 aromatic rings. The number of H-pyrrole nitrogens is 1. The van der Waals surface area contributed by atoms with Crippen LogP contribution < -0.4 is 14.9 Å². The second-order valence-electron chi connectivity index (χ2n) is 9.31. The van der Waals surface area contributed by atoms with Crippen LogP contribution in [-0.4, -0.2) is 65.6 Å². The molecule has 8 nitrogen and oxygen atoms in total. The molecule has 1 fully saturated rings. The fourth-order valence-electron chi connectivity index (χ4n) is 4.11. The highest BCUT2D eigenvalue weighted by atomic mass is 32.2. The van der Waals surface area contributed by atoms with Crippen LogP contribution in [0.1, 0.15) is 49.0 Å². The fraction of sp³-hybridized carbons (Fsp3) is 0.414. The number of thioether (sulfide) groups is 1. The zero-order valence-electron chi connectivity index (χ0n) is 23.2. The topological polar surface area (TPSA) is 96.5 Å². The van der Waals surface area contributed by atoms with Crippen LogP contribution in [0, 0.1) is 0 Å². The molecule has 1 amide bonds. The molecule has 0 saturated carbocycles. The summed E-state index contributed by atoms with van der Waals surface area (Å²) in [6.07, 6.45) is 7.40. The van der Waals surface area contributed by atoms with Gasteiger partial charge in [0.05, 0.1) is 12.3 Å². The van der Waals surface area contributed by atoms with E-state index in [9.17, 15) is 9.59 Å². The number of amides is 1. The SMILES string of the molecule is C=C(CSC(COc1ccc(C(=O)NC2CN(C)CC2c2n[nH]c(=O)s2)cc1)=C(C)C)C1C=CC=CO1.CC. The maximum Gasteiger partial charge on any atom is 0.322 e. The fourth-order valence-corrected chi connectivity index (χ4v) is 5.83. The van der Waals surface area contributed by atoms with Crippen LogP contribution in [-0.2, 0) is 4.74 Å². The Kier molecular flexibility index (Phi) is 11.6. The van der Waals surface area contributed by atoms with Crippen LogP contribution in [0.25, 0.3) is 0 Å². The molecule has 0 spiro atoms. The first-order valence-electron chi connectivity index (χ1n) is 13.0. The summed E-state index contributed by atoms with van der Waals surface area (Å²) in [5, 5.41) is 10.4. The van der Waals surface area contributed by atoms with E-state index in [-0.39, 0.29) is 28.8 Å². The molecule has 0 radical (unpaired) electrons. The highest BCUT2D eigenvalue weighted by Gasteiger charge is 2.35. The van der Waals surface area contributed by atoms with Gasteiger partial charge in [0.1, 0.15) is 23.5 Å². The van der Waals surface area contributed by atoms with E-state index in [0.29, 0.717) is 24.5 Å². The summed E-state index contributed by atoms with van der Waals surface area (Å²) in [4.78, 5) is 27.6. The predicted octanol–water partition coefficient (Wildman–Crippen LogP) is 5.12. The van der Waals surface area contributed by atoms with Gasteiger partial charge in [0, 0.05) is 35.2 Å².